The van der Waals surface area contributed by atoms with E-state index in [1.54, 1.807) is 34.3 Å². The Morgan fingerprint density at radius 3 is 2.29 bits per heavy atom. The van der Waals surface area contributed by atoms with Crippen LogP contribution in [-0.2, 0) is 16.1 Å². The van der Waals surface area contributed by atoms with E-state index in [0.29, 0.717) is 6.54 Å². The average molecular weight is 415 g/mol. The standard InChI is InChI=1S/C25H25N3O3/c1-18(2)31-22-10-8-19(9-11-22)16-28-23(29)17-27(21-6-4-3-5-7-21)25(30)24(28)20-12-14-26-15-13-20/h3-15,18,24H,16-17H2,1-2H3/t24-/m0/s1. The van der Waals surface area contributed by atoms with E-state index in [2.05, 4.69) is 4.98 Å². The summed E-state index contributed by atoms with van der Waals surface area (Å²) in [5.74, 6) is 0.547. The van der Waals surface area contributed by atoms with Crippen LogP contribution in [0, 0.1) is 0 Å². The normalized spacial score (nSPS) is 16.7. The fourth-order valence-electron chi connectivity index (χ4n) is 3.75. The van der Waals surface area contributed by atoms with Gasteiger partial charge in [-0.3, -0.25) is 14.6 Å². The van der Waals surface area contributed by atoms with Crippen molar-refractivity contribution in [2.75, 3.05) is 11.4 Å². The van der Waals surface area contributed by atoms with Gasteiger partial charge in [-0.2, -0.15) is 0 Å². The molecule has 0 aliphatic carbocycles. The highest BCUT2D eigenvalue weighted by atomic mass is 16.5. The zero-order valence-corrected chi connectivity index (χ0v) is 17.6. The molecule has 31 heavy (non-hydrogen) atoms. The van der Waals surface area contributed by atoms with Crippen LogP contribution < -0.4 is 9.64 Å². The van der Waals surface area contributed by atoms with Gasteiger partial charge in [-0.05, 0) is 61.4 Å². The molecule has 0 saturated carbocycles. The van der Waals surface area contributed by atoms with Gasteiger partial charge in [0, 0.05) is 24.6 Å². The minimum absolute atomic E-state index is 0.0129. The molecule has 2 aromatic carbocycles. The number of hydrogen-bond donors (Lipinski definition) is 0. The Morgan fingerprint density at radius 2 is 1.65 bits per heavy atom. The summed E-state index contributed by atoms with van der Waals surface area (Å²) in [5, 5.41) is 0. The number of pyridine rings is 1. The van der Waals surface area contributed by atoms with E-state index in [4.69, 9.17) is 4.74 Å². The van der Waals surface area contributed by atoms with Gasteiger partial charge in [0.1, 0.15) is 18.3 Å². The minimum Gasteiger partial charge on any atom is -0.491 e. The van der Waals surface area contributed by atoms with E-state index in [0.717, 1.165) is 22.6 Å². The fraction of sp³-hybridized carbons (Fsp3) is 0.240. The highest BCUT2D eigenvalue weighted by molar-refractivity contribution is 6.06. The van der Waals surface area contributed by atoms with Gasteiger partial charge in [-0.15, -0.1) is 0 Å². The molecule has 1 aliphatic rings. The summed E-state index contributed by atoms with van der Waals surface area (Å²) >= 11 is 0. The van der Waals surface area contributed by atoms with Crippen LogP contribution >= 0.6 is 0 Å². The topological polar surface area (TPSA) is 62.7 Å². The molecular weight excluding hydrogens is 390 g/mol. The zero-order chi connectivity index (χ0) is 21.8. The third-order valence-electron chi connectivity index (χ3n) is 5.16. The molecule has 1 aliphatic heterocycles. The molecule has 158 valence electrons. The maximum absolute atomic E-state index is 13.5. The van der Waals surface area contributed by atoms with Crippen molar-refractivity contribution < 1.29 is 14.3 Å². The third kappa shape index (κ3) is 4.58. The van der Waals surface area contributed by atoms with Crippen LogP contribution in [0.2, 0.25) is 0 Å². The molecular formula is C25H25N3O3. The molecule has 3 aromatic rings. The van der Waals surface area contributed by atoms with E-state index in [1.165, 1.54) is 0 Å². The van der Waals surface area contributed by atoms with Gasteiger partial charge in [-0.25, -0.2) is 0 Å². The van der Waals surface area contributed by atoms with Crippen molar-refractivity contribution in [1.82, 2.24) is 9.88 Å². The quantitative estimate of drug-likeness (QED) is 0.611. The van der Waals surface area contributed by atoms with Crippen molar-refractivity contribution in [1.29, 1.82) is 0 Å². The molecule has 0 N–H and O–H groups in total. The highest BCUT2D eigenvalue weighted by Crippen LogP contribution is 2.31. The Balaban J connectivity index is 1.64. The van der Waals surface area contributed by atoms with Gasteiger partial charge in [0.25, 0.3) is 5.91 Å². The molecule has 2 amide bonds. The van der Waals surface area contributed by atoms with Gasteiger partial charge in [-0.1, -0.05) is 30.3 Å². The lowest BCUT2D eigenvalue weighted by molar-refractivity contribution is -0.144. The second-order valence-electron chi connectivity index (χ2n) is 7.78. The zero-order valence-electron chi connectivity index (χ0n) is 17.6. The lowest BCUT2D eigenvalue weighted by Gasteiger charge is -2.40. The van der Waals surface area contributed by atoms with Gasteiger partial charge >= 0.3 is 0 Å². The van der Waals surface area contributed by atoms with Crippen LogP contribution in [0.5, 0.6) is 5.75 Å². The number of aromatic nitrogens is 1. The number of nitrogens with zero attached hydrogens (tertiary/aromatic N) is 3. The van der Waals surface area contributed by atoms with Crippen molar-refractivity contribution in [3.63, 3.8) is 0 Å². The van der Waals surface area contributed by atoms with Crippen LogP contribution in [-0.4, -0.2) is 34.3 Å². The monoisotopic (exact) mass is 415 g/mol. The number of piperazine rings is 1. The average Bonchev–Trinajstić information content (AvgIpc) is 2.78. The second-order valence-corrected chi connectivity index (χ2v) is 7.78. The van der Waals surface area contributed by atoms with Gasteiger partial charge in [0.2, 0.25) is 5.91 Å². The number of benzene rings is 2. The molecule has 1 aromatic heterocycles. The molecule has 0 unspecified atom stereocenters. The lowest BCUT2D eigenvalue weighted by Crippen LogP contribution is -2.55. The SMILES string of the molecule is CC(C)Oc1ccc(CN2C(=O)CN(c3ccccc3)C(=O)[C@@H]2c2ccncc2)cc1. The Labute approximate surface area is 182 Å². The molecule has 0 bridgehead atoms. The van der Waals surface area contributed by atoms with Crippen molar-refractivity contribution >= 4 is 17.5 Å². The van der Waals surface area contributed by atoms with E-state index in [9.17, 15) is 9.59 Å². The van der Waals surface area contributed by atoms with E-state index >= 15 is 0 Å². The Hall–Kier alpha value is -3.67. The summed E-state index contributed by atoms with van der Waals surface area (Å²) < 4.78 is 5.70. The third-order valence-corrected chi connectivity index (χ3v) is 5.16. The molecule has 2 heterocycles. The van der Waals surface area contributed by atoms with Crippen LogP contribution in [0.15, 0.2) is 79.1 Å². The van der Waals surface area contributed by atoms with E-state index in [-0.39, 0.29) is 24.5 Å². The number of para-hydroxylation sites is 1. The summed E-state index contributed by atoms with van der Waals surface area (Å²) in [6.07, 6.45) is 3.38. The number of ether oxygens (including phenoxy) is 1. The second kappa shape index (κ2) is 9.00. The predicted octanol–water partition coefficient (Wildman–Crippen LogP) is 3.99. The number of carbonyl (C=O) groups is 2. The summed E-state index contributed by atoms with van der Waals surface area (Å²) in [5.41, 5.74) is 2.40. The summed E-state index contributed by atoms with van der Waals surface area (Å²) in [7, 11) is 0. The van der Waals surface area contributed by atoms with Crippen molar-refractivity contribution in [2.24, 2.45) is 0 Å². The Morgan fingerprint density at radius 1 is 0.968 bits per heavy atom. The van der Waals surface area contributed by atoms with E-state index < -0.39 is 6.04 Å². The van der Waals surface area contributed by atoms with Gasteiger partial charge in [0.05, 0.1) is 6.10 Å². The Kier molecular flexibility index (Phi) is 5.98. The molecule has 0 radical (unpaired) electrons. The van der Waals surface area contributed by atoms with Crippen LogP contribution in [0.1, 0.15) is 31.0 Å². The first-order valence-corrected chi connectivity index (χ1v) is 10.3. The van der Waals surface area contributed by atoms with Crippen LogP contribution in [0.4, 0.5) is 5.69 Å². The maximum atomic E-state index is 13.5. The molecule has 6 heteroatoms. The largest absolute Gasteiger partial charge is 0.491 e. The highest BCUT2D eigenvalue weighted by Gasteiger charge is 2.40. The van der Waals surface area contributed by atoms with Crippen molar-refractivity contribution in [2.45, 2.75) is 32.5 Å². The van der Waals surface area contributed by atoms with Crippen LogP contribution in [0.25, 0.3) is 0 Å². The molecule has 0 spiro atoms. The van der Waals surface area contributed by atoms with Crippen molar-refractivity contribution in [3.8, 4) is 5.75 Å². The smallest absolute Gasteiger partial charge is 0.254 e. The van der Waals surface area contributed by atoms with Crippen LogP contribution in [0.3, 0.4) is 0 Å². The fourth-order valence-corrected chi connectivity index (χ4v) is 3.75. The maximum Gasteiger partial charge on any atom is 0.254 e. The molecule has 1 saturated heterocycles. The van der Waals surface area contributed by atoms with Gasteiger partial charge in [0.15, 0.2) is 0 Å². The number of rotatable bonds is 6. The number of anilines is 1. The van der Waals surface area contributed by atoms with Gasteiger partial charge < -0.3 is 14.5 Å². The lowest BCUT2D eigenvalue weighted by atomic mass is 10.0. The summed E-state index contributed by atoms with van der Waals surface area (Å²) in [6, 6.07) is 19.8. The molecule has 6 nitrogen and oxygen atoms in total. The van der Waals surface area contributed by atoms with E-state index in [1.807, 2.05) is 68.4 Å². The first-order valence-electron chi connectivity index (χ1n) is 10.3. The Bertz CT molecular complexity index is 1040. The molecule has 4 rings (SSSR count). The molecule has 1 atom stereocenters. The first-order chi connectivity index (χ1) is 15.0. The summed E-state index contributed by atoms with van der Waals surface area (Å²) in [6.45, 7) is 4.30. The number of hydrogen-bond acceptors (Lipinski definition) is 4. The molecule has 1 fully saturated rings. The summed E-state index contributed by atoms with van der Waals surface area (Å²) in [4.78, 5) is 34.0. The number of amides is 2. The number of carbonyl (C=O) groups excluding carboxylic acids is 2. The van der Waals surface area contributed by atoms with Crippen molar-refractivity contribution in [3.05, 3.63) is 90.3 Å². The minimum atomic E-state index is -0.712. The predicted molar refractivity (Wildman–Crippen MR) is 119 cm³/mol. The first kappa shape index (κ1) is 20.6.